The van der Waals surface area contributed by atoms with Crippen molar-refractivity contribution >= 4 is 28.9 Å². The first-order valence-corrected chi connectivity index (χ1v) is 6.13. The van der Waals surface area contributed by atoms with Gasteiger partial charge in [0.2, 0.25) is 0 Å². The molecule has 0 radical (unpaired) electrons. The normalized spacial score (nSPS) is 10.1. The molecule has 0 fully saturated rings. The number of benzene rings is 1. The number of nitrogens with one attached hydrogen (secondary N) is 1. The molecule has 0 atom stereocenters. The van der Waals surface area contributed by atoms with Crippen molar-refractivity contribution in [1.82, 2.24) is 15.3 Å². The van der Waals surface area contributed by atoms with E-state index in [1.165, 1.54) is 12.5 Å². The van der Waals surface area contributed by atoms with Crippen LogP contribution in [0.15, 0.2) is 30.7 Å². The van der Waals surface area contributed by atoms with Crippen molar-refractivity contribution in [3.63, 3.8) is 0 Å². The lowest BCUT2D eigenvalue weighted by Gasteiger charge is -2.08. The van der Waals surface area contributed by atoms with Crippen molar-refractivity contribution in [2.75, 3.05) is 5.73 Å². The van der Waals surface area contributed by atoms with E-state index in [-0.39, 0.29) is 28.5 Å². The molecule has 0 spiro atoms. The van der Waals surface area contributed by atoms with Crippen LogP contribution in [0.4, 0.5) is 11.4 Å². The number of nitrogen functional groups attached to an aromatic ring is 1. The van der Waals surface area contributed by atoms with Crippen LogP contribution in [-0.2, 0) is 6.54 Å². The number of halogens is 1. The third kappa shape index (κ3) is 3.42. The van der Waals surface area contributed by atoms with Crippen molar-refractivity contribution in [1.29, 1.82) is 0 Å². The number of carbonyl (C=O) groups is 1. The molecule has 0 saturated heterocycles. The minimum Gasteiger partial charge on any atom is -0.397 e. The first-order chi connectivity index (χ1) is 9.99. The van der Waals surface area contributed by atoms with Crippen LogP contribution < -0.4 is 11.1 Å². The number of nitro benzene ring substituents is 1. The Bertz CT molecular complexity index is 693. The molecule has 108 valence electrons. The summed E-state index contributed by atoms with van der Waals surface area (Å²) in [6.07, 6.45) is 2.88. The summed E-state index contributed by atoms with van der Waals surface area (Å²) in [5.74, 6) is -0.572. The first-order valence-electron chi connectivity index (χ1n) is 5.75. The first kappa shape index (κ1) is 14.7. The number of aromatic nitrogens is 2. The molecule has 1 heterocycles. The van der Waals surface area contributed by atoms with Crippen molar-refractivity contribution in [2.45, 2.75) is 6.54 Å². The maximum Gasteiger partial charge on any atom is 0.271 e. The maximum absolute atomic E-state index is 12.1. The Morgan fingerprint density at radius 1 is 1.48 bits per heavy atom. The van der Waals surface area contributed by atoms with Gasteiger partial charge in [0.1, 0.15) is 6.33 Å². The second kappa shape index (κ2) is 6.14. The van der Waals surface area contributed by atoms with E-state index in [1.807, 2.05) is 0 Å². The van der Waals surface area contributed by atoms with Crippen LogP contribution in [0.2, 0.25) is 5.02 Å². The molecule has 0 unspecified atom stereocenters. The number of amides is 1. The van der Waals surface area contributed by atoms with Gasteiger partial charge in [0, 0.05) is 18.3 Å². The Labute approximate surface area is 124 Å². The lowest BCUT2D eigenvalue weighted by molar-refractivity contribution is -0.384. The number of hydrogen-bond acceptors (Lipinski definition) is 6. The molecule has 1 amide bonds. The predicted octanol–water partition coefficient (Wildman–Crippen LogP) is 1.55. The Kier molecular flexibility index (Phi) is 4.29. The lowest BCUT2D eigenvalue weighted by Crippen LogP contribution is -2.24. The summed E-state index contributed by atoms with van der Waals surface area (Å²) in [4.78, 5) is 29.9. The zero-order valence-electron chi connectivity index (χ0n) is 10.6. The molecule has 0 bridgehead atoms. The SMILES string of the molecule is Nc1c(Cl)cc([N+](=O)[O-])cc1C(=O)NCc1ccncn1. The van der Waals surface area contributed by atoms with Crippen molar-refractivity contribution in [3.05, 3.63) is 57.1 Å². The van der Waals surface area contributed by atoms with Crippen LogP contribution >= 0.6 is 11.6 Å². The molecule has 0 aliphatic heterocycles. The van der Waals surface area contributed by atoms with Crippen molar-refractivity contribution in [3.8, 4) is 0 Å². The number of nitrogens with two attached hydrogens (primary N) is 1. The minimum absolute atomic E-state index is 0.0116. The fraction of sp³-hybridized carbons (Fsp3) is 0.0833. The fourth-order valence-corrected chi connectivity index (χ4v) is 1.80. The van der Waals surface area contributed by atoms with Gasteiger partial charge in [-0.2, -0.15) is 0 Å². The predicted molar refractivity (Wildman–Crippen MR) is 75.7 cm³/mol. The number of hydrogen-bond donors (Lipinski definition) is 2. The average molecular weight is 308 g/mol. The molecule has 2 rings (SSSR count). The maximum atomic E-state index is 12.1. The summed E-state index contributed by atoms with van der Waals surface area (Å²) in [5, 5.41) is 13.3. The van der Waals surface area contributed by atoms with E-state index in [0.717, 1.165) is 12.1 Å². The van der Waals surface area contributed by atoms with Gasteiger partial charge < -0.3 is 11.1 Å². The van der Waals surface area contributed by atoms with Crippen LogP contribution in [0, 0.1) is 10.1 Å². The highest BCUT2D eigenvalue weighted by Gasteiger charge is 2.18. The molecule has 21 heavy (non-hydrogen) atoms. The fourth-order valence-electron chi connectivity index (χ4n) is 1.59. The van der Waals surface area contributed by atoms with Gasteiger partial charge in [0.05, 0.1) is 33.4 Å². The molecule has 0 aliphatic carbocycles. The summed E-state index contributed by atoms with van der Waals surface area (Å²) in [7, 11) is 0. The summed E-state index contributed by atoms with van der Waals surface area (Å²) in [6.45, 7) is 0.140. The highest BCUT2D eigenvalue weighted by Crippen LogP contribution is 2.28. The van der Waals surface area contributed by atoms with Crippen molar-refractivity contribution < 1.29 is 9.72 Å². The molecule has 0 aliphatic rings. The number of nitrogens with zero attached hydrogens (tertiary/aromatic N) is 3. The van der Waals surface area contributed by atoms with E-state index in [4.69, 9.17) is 17.3 Å². The van der Waals surface area contributed by atoms with E-state index in [0.29, 0.717) is 5.69 Å². The van der Waals surface area contributed by atoms with Gasteiger partial charge in [0.25, 0.3) is 11.6 Å². The molecular formula is C12H10ClN5O3. The molecule has 0 saturated carbocycles. The van der Waals surface area contributed by atoms with Gasteiger partial charge in [0.15, 0.2) is 0 Å². The third-order valence-corrected chi connectivity index (χ3v) is 2.96. The topological polar surface area (TPSA) is 124 Å². The van der Waals surface area contributed by atoms with Gasteiger partial charge >= 0.3 is 0 Å². The lowest BCUT2D eigenvalue weighted by atomic mass is 10.1. The van der Waals surface area contributed by atoms with Gasteiger partial charge in [-0.3, -0.25) is 14.9 Å². The van der Waals surface area contributed by atoms with Crippen molar-refractivity contribution in [2.24, 2.45) is 0 Å². The second-order valence-electron chi connectivity index (χ2n) is 4.03. The van der Waals surface area contributed by atoms with Gasteiger partial charge in [-0.1, -0.05) is 11.6 Å². The second-order valence-corrected chi connectivity index (χ2v) is 4.44. The summed E-state index contributed by atoms with van der Waals surface area (Å²) >= 11 is 5.79. The number of carbonyl (C=O) groups excluding carboxylic acids is 1. The molecule has 3 N–H and O–H groups in total. The number of rotatable bonds is 4. The molecule has 1 aromatic carbocycles. The zero-order valence-corrected chi connectivity index (χ0v) is 11.4. The molecule has 8 nitrogen and oxygen atoms in total. The number of non-ortho nitro benzene ring substituents is 1. The smallest absolute Gasteiger partial charge is 0.271 e. The Morgan fingerprint density at radius 2 is 2.24 bits per heavy atom. The van der Waals surface area contributed by atoms with E-state index in [9.17, 15) is 14.9 Å². The quantitative estimate of drug-likeness (QED) is 0.501. The third-order valence-electron chi connectivity index (χ3n) is 2.64. The molecule has 9 heteroatoms. The van der Waals surface area contributed by atoms with Gasteiger partial charge in [-0.25, -0.2) is 9.97 Å². The Hall–Kier alpha value is -2.74. The van der Waals surface area contributed by atoms with Crippen LogP contribution in [0.1, 0.15) is 16.1 Å². The van der Waals surface area contributed by atoms with E-state index in [2.05, 4.69) is 15.3 Å². The van der Waals surface area contributed by atoms with Gasteiger partial charge in [-0.05, 0) is 6.07 Å². The highest BCUT2D eigenvalue weighted by atomic mass is 35.5. The summed E-state index contributed by atoms with van der Waals surface area (Å²) in [5.41, 5.74) is 5.90. The molecule has 1 aromatic heterocycles. The molecular weight excluding hydrogens is 298 g/mol. The average Bonchev–Trinajstić information content (AvgIpc) is 2.48. The minimum atomic E-state index is -0.646. The monoisotopic (exact) mass is 307 g/mol. The van der Waals surface area contributed by atoms with E-state index < -0.39 is 10.8 Å². The zero-order chi connectivity index (χ0) is 15.4. The standard InChI is InChI=1S/C12H10ClN5O3/c13-10-4-8(18(20)21)3-9(11(10)14)12(19)16-5-7-1-2-15-6-17-7/h1-4,6H,5,14H2,(H,16,19). The van der Waals surface area contributed by atoms with Crippen LogP contribution in [0.5, 0.6) is 0 Å². The number of anilines is 1. The Morgan fingerprint density at radius 3 is 2.86 bits per heavy atom. The van der Waals surface area contributed by atoms with E-state index >= 15 is 0 Å². The highest BCUT2D eigenvalue weighted by molar-refractivity contribution is 6.34. The van der Waals surface area contributed by atoms with Gasteiger partial charge in [-0.15, -0.1) is 0 Å². The van der Waals surface area contributed by atoms with Crippen LogP contribution in [0.3, 0.4) is 0 Å². The van der Waals surface area contributed by atoms with Crippen LogP contribution in [-0.4, -0.2) is 20.8 Å². The summed E-state index contributed by atoms with van der Waals surface area (Å²) in [6, 6.07) is 3.80. The van der Waals surface area contributed by atoms with E-state index in [1.54, 1.807) is 6.07 Å². The largest absolute Gasteiger partial charge is 0.397 e. The van der Waals surface area contributed by atoms with Crippen LogP contribution in [0.25, 0.3) is 0 Å². The number of nitro groups is 1. The molecule has 2 aromatic rings. The Balaban J connectivity index is 2.21. The summed E-state index contributed by atoms with van der Waals surface area (Å²) < 4.78 is 0.